The third kappa shape index (κ3) is 2.09. The zero-order valence-corrected chi connectivity index (χ0v) is 17.1. The van der Waals surface area contributed by atoms with Crippen molar-refractivity contribution in [2.45, 2.75) is 96.2 Å². The third-order valence-electron chi connectivity index (χ3n) is 10.3. The second-order valence-corrected chi connectivity index (χ2v) is 11.1. The molecule has 1 unspecified atom stereocenters. The highest BCUT2D eigenvalue weighted by molar-refractivity contribution is 5.80. The molecule has 0 amide bonds. The number of esters is 1. The van der Waals surface area contributed by atoms with E-state index in [4.69, 9.17) is 4.74 Å². The van der Waals surface area contributed by atoms with Crippen molar-refractivity contribution in [3.8, 4) is 0 Å². The van der Waals surface area contributed by atoms with Crippen LogP contribution < -0.4 is 0 Å². The van der Waals surface area contributed by atoms with Crippen molar-refractivity contribution >= 4 is 11.8 Å². The Morgan fingerprint density at radius 2 is 1.67 bits per heavy atom. The molecule has 5 aliphatic rings. The molecule has 4 saturated carbocycles. The molecule has 4 heteroatoms. The van der Waals surface area contributed by atoms with E-state index < -0.39 is 5.60 Å². The van der Waals surface area contributed by atoms with Crippen LogP contribution in [0.15, 0.2) is 0 Å². The van der Waals surface area contributed by atoms with E-state index in [9.17, 15) is 14.7 Å². The molecule has 0 bridgehead atoms. The first-order valence-corrected chi connectivity index (χ1v) is 11.1. The molecular weight excluding hydrogens is 340 g/mol. The highest BCUT2D eigenvalue weighted by atomic mass is 16.6. The van der Waals surface area contributed by atoms with Crippen LogP contribution in [0.4, 0.5) is 0 Å². The minimum absolute atomic E-state index is 0.0113. The Morgan fingerprint density at radius 1 is 0.963 bits per heavy atom. The summed E-state index contributed by atoms with van der Waals surface area (Å²) in [5.41, 5.74) is -1.14. The average Bonchev–Trinajstić information content (AvgIpc) is 3.11. The molecule has 4 aliphatic carbocycles. The van der Waals surface area contributed by atoms with E-state index in [0.717, 1.165) is 44.9 Å². The van der Waals surface area contributed by atoms with Crippen LogP contribution in [-0.4, -0.2) is 28.1 Å². The van der Waals surface area contributed by atoms with Gasteiger partial charge in [-0.3, -0.25) is 9.59 Å². The van der Waals surface area contributed by atoms with Gasteiger partial charge in [-0.1, -0.05) is 20.8 Å². The number of carbonyl (C=O) groups excluding carboxylic acids is 2. The van der Waals surface area contributed by atoms with Crippen LogP contribution >= 0.6 is 0 Å². The highest BCUT2D eigenvalue weighted by Gasteiger charge is 2.70. The molecule has 0 aromatic carbocycles. The van der Waals surface area contributed by atoms with Crippen molar-refractivity contribution in [3.63, 3.8) is 0 Å². The second kappa shape index (κ2) is 5.37. The summed E-state index contributed by atoms with van der Waals surface area (Å²) in [4.78, 5) is 24.2. The summed E-state index contributed by atoms with van der Waals surface area (Å²) >= 11 is 0. The van der Waals surface area contributed by atoms with E-state index in [-0.39, 0.29) is 28.2 Å². The van der Waals surface area contributed by atoms with Gasteiger partial charge in [-0.25, -0.2) is 0 Å². The summed E-state index contributed by atoms with van der Waals surface area (Å²) in [6.45, 7) is 6.96. The van der Waals surface area contributed by atoms with Crippen LogP contribution in [-0.2, 0) is 14.3 Å². The highest BCUT2D eigenvalue weighted by Crippen LogP contribution is 2.71. The van der Waals surface area contributed by atoms with Gasteiger partial charge in [0.2, 0.25) is 0 Å². The molecule has 1 spiro atoms. The number of rotatable bonds is 0. The molecule has 1 saturated heterocycles. The standard InChI is InChI=1S/C23H34O4/c1-14-12-22(26)13-15(24)4-8-20(22,2)16-5-9-21(3)17(19(14)16)6-10-23(21)11-7-18(25)27-23/h14,16-17,19,26H,4-13H2,1-3H3/t14-,16?,17+,19-,20-,21+,22-,23-/m1/s1. The Kier molecular flexibility index (Phi) is 3.61. The molecule has 1 N–H and O–H groups in total. The minimum Gasteiger partial charge on any atom is -0.458 e. The van der Waals surface area contributed by atoms with E-state index in [2.05, 4.69) is 20.8 Å². The maximum Gasteiger partial charge on any atom is 0.306 e. The summed E-state index contributed by atoms with van der Waals surface area (Å²) in [5, 5.41) is 11.6. The predicted molar refractivity (Wildman–Crippen MR) is 101 cm³/mol. The fourth-order valence-corrected chi connectivity index (χ4v) is 8.78. The molecule has 150 valence electrons. The van der Waals surface area contributed by atoms with Crippen molar-refractivity contribution in [1.82, 2.24) is 0 Å². The van der Waals surface area contributed by atoms with Crippen LogP contribution in [0, 0.1) is 34.5 Å². The molecule has 1 heterocycles. The van der Waals surface area contributed by atoms with Crippen molar-refractivity contribution in [3.05, 3.63) is 0 Å². The molecule has 8 atom stereocenters. The van der Waals surface area contributed by atoms with E-state index >= 15 is 0 Å². The molecule has 5 fully saturated rings. The first-order chi connectivity index (χ1) is 12.6. The van der Waals surface area contributed by atoms with Gasteiger partial charge in [0.15, 0.2) is 0 Å². The van der Waals surface area contributed by atoms with E-state index in [0.29, 0.717) is 42.9 Å². The van der Waals surface area contributed by atoms with Gasteiger partial charge in [0, 0.05) is 30.1 Å². The molecule has 27 heavy (non-hydrogen) atoms. The smallest absolute Gasteiger partial charge is 0.306 e. The monoisotopic (exact) mass is 374 g/mol. The van der Waals surface area contributed by atoms with Crippen LogP contribution in [0.1, 0.15) is 85.0 Å². The van der Waals surface area contributed by atoms with Gasteiger partial charge in [-0.05, 0) is 68.6 Å². The number of aliphatic hydroxyl groups is 1. The van der Waals surface area contributed by atoms with Gasteiger partial charge in [0.05, 0.1) is 5.60 Å². The van der Waals surface area contributed by atoms with Crippen LogP contribution in [0.2, 0.25) is 0 Å². The molecule has 4 nitrogen and oxygen atoms in total. The predicted octanol–water partition coefficient (Wildman–Crippen LogP) is 4.03. The van der Waals surface area contributed by atoms with Crippen LogP contribution in [0.3, 0.4) is 0 Å². The summed E-state index contributed by atoms with van der Waals surface area (Å²) in [6, 6.07) is 0. The topological polar surface area (TPSA) is 63.6 Å². The van der Waals surface area contributed by atoms with Crippen molar-refractivity contribution < 1.29 is 19.4 Å². The fraction of sp³-hybridized carbons (Fsp3) is 0.913. The first kappa shape index (κ1) is 18.1. The molecule has 1 aliphatic heterocycles. The first-order valence-electron chi connectivity index (χ1n) is 11.1. The number of hydrogen-bond donors (Lipinski definition) is 1. The Labute approximate surface area is 162 Å². The Morgan fingerprint density at radius 3 is 2.37 bits per heavy atom. The maximum absolute atomic E-state index is 12.2. The van der Waals surface area contributed by atoms with E-state index in [1.165, 1.54) is 0 Å². The van der Waals surface area contributed by atoms with Gasteiger partial charge < -0.3 is 9.84 Å². The quantitative estimate of drug-likeness (QED) is 0.650. The number of Topliss-reactive ketones (excluding diaryl/α,β-unsaturated/α-hetero) is 1. The van der Waals surface area contributed by atoms with Gasteiger partial charge in [-0.15, -0.1) is 0 Å². The Hall–Kier alpha value is -0.900. The number of hydrogen-bond acceptors (Lipinski definition) is 4. The lowest BCUT2D eigenvalue weighted by Gasteiger charge is -2.65. The lowest BCUT2D eigenvalue weighted by molar-refractivity contribution is -0.227. The third-order valence-corrected chi connectivity index (χ3v) is 10.3. The zero-order chi connectivity index (χ0) is 19.2. The normalized spacial score (nSPS) is 57.2. The van der Waals surface area contributed by atoms with Crippen molar-refractivity contribution in [2.75, 3.05) is 0 Å². The van der Waals surface area contributed by atoms with Crippen LogP contribution in [0.25, 0.3) is 0 Å². The molecule has 0 radical (unpaired) electrons. The maximum atomic E-state index is 12.2. The van der Waals surface area contributed by atoms with E-state index in [1.807, 2.05) is 0 Å². The van der Waals surface area contributed by atoms with Gasteiger partial charge in [-0.2, -0.15) is 0 Å². The van der Waals surface area contributed by atoms with Gasteiger partial charge >= 0.3 is 5.97 Å². The van der Waals surface area contributed by atoms with E-state index in [1.54, 1.807) is 0 Å². The summed E-state index contributed by atoms with van der Waals surface area (Å²) in [7, 11) is 0. The largest absolute Gasteiger partial charge is 0.458 e. The summed E-state index contributed by atoms with van der Waals surface area (Å²) in [6.07, 6.45) is 8.34. The second-order valence-electron chi connectivity index (χ2n) is 11.1. The number of carbonyl (C=O) groups is 2. The molecular formula is C23H34O4. The average molecular weight is 375 g/mol. The summed E-state index contributed by atoms with van der Waals surface area (Å²) in [5.74, 6) is 2.25. The zero-order valence-electron chi connectivity index (χ0n) is 17.1. The fourth-order valence-electron chi connectivity index (χ4n) is 8.78. The van der Waals surface area contributed by atoms with Crippen molar-refractivity contribution in [1.29, 1.82) is 0 Å². The van der Waals surface area contributed by atoms with Gasteiger partial charge in [0.1, 0.15) is 11.4 Å². The Balaban J connectivity index is 1.52. The SMILES string of the molecule is C[C@@H]1C[C@@]2(O)CC(=O)CC[C@]2(C)C2CC[C@@]3(C)[C@@H](CC[C@@]34CCC(=O)O4)[C@@H]21. The molecule has 5 rings (SSSR count). The lowest BCUT2D eigenvalue weighted by atomic mass is 9.41. The van der Waals surface area contributed by atoms with Gasteiger partial charge in [0.25, 0.3) is 0 Å². The van der Waals surface area contributed by atoms with Crippen molar-refractivity contribution in [2.24, 2.45) is 34.5 Å². The Bertz CT molecular complexity index is 702. The minimum atomic E-state index is -0.827. The number of fused-ring (bicyclic) bond motifs is 6. The number of ketones is 1. The summed E-state index contributed by atoms with van der Waals surface area (Å²) < 4.78 is 6.03. The lowest BCUT2D eigenvalue weighted by Crippen LogP contribution is -2.65. The molecule has 0 aromatic rings. The number of ether oxygens (including phenoxy) is 1. The molecule has 0 aromatic heterocycles. The van der Waals surface area contributed by atoms with Crippen LogP contribution in [0.5, 0.6) is 0 Å².